The van der Waals surface area contributed by atoms with Crippen molar-refractivity contribution in [3.8, 4) is 5.75 Å². The molecular formula is C15H20N2O2. The van der Waals surface area contributed by atoms with E-state index >= 15 is 0 Å². The van der Waals surface area contributed by atoms with E-state index in [4.69, 9.17) is 0 Å². The molecular weight excluding hydrogens is 240 g/mol. The Hall–Kier alpha value is -1.97. The summed E-state index contributed by atoms with van der Waals surface area (Å²) in [5.74, 6) is 0.747. The number of phenolic OH excluding ortho intramolecular Hbond substituents is 1. The number of hydrogen-bond acceptors (Lipinski definition) is 2. The van der Waals surface area contributed by atoms with Crippen LogP contribution in [0.5, 0.6) is 5.75 Å². The fourth-order valence-corrected chi connectivity index (χ4v) is 2.43. The van der Waals surface area contributed by atoms with E-state index in [2.05, 4.69) is 17.6 Å². The molecule has 1 fully saturated rings. The second-order valence-corrected chi connectivity index (χ2v) is 5.02. The zero-order valence-electron chi connectivity index (χ0n) is 11.1. The van der Waals surface area contributed by atoms with Crippen molar-refractivity contribution in [1.29, 1.82) is 0 Å². The van der Waals surface area contributed by atoms with Gasteiger partial charge in [-0.05, 0) is 37.8 Å². The van der Waals surface area contributed by atoms with Gasteiger partial charge in [0, 0.05) is 18.0 Å². The van der Waals surface area contributed by atoms with Gasteiger partial charge in [0.1, 0.15) is 5.75 Å². The van der Waals surface area contributed by atoms with Gasteiger partial charge in [0.2, 0.25) is 0 Å². The number of carbonyl (C=O) groups excluding carboxylic acids is 1. The van der Waals surface area contributed by atoms with Crippen LogP contribution in [0.2, 0.25) is 0 Å². The van der Waals surface area contributed by atoms with E-state index in [0.717, 1.165) is 0 Å². The molecule has 2 amide bonds. The second kappa shape index (κ2) is 6.27. The normalized spacial score (nSPS) is 16.4. The molecule has 2 rings (SSSR count). The van der Waals surface area contributed by atoms with Crippen LogP contribution in [0.4, 0.5) is 10.5 Å². The summed E-state index contributed by atoms with van der Waals surface area (Å²) in [5, 5.41) is 14.7. The zero-order chi connectivity index (χ0) is 13.7. The van der Waals surface area contributed by atoms with E-state index in [1.165, 1.54) is 37.3 Å². The Morgan fingerprint density at radius 2 is 2.11 bits per heavy atom. The Morgan fingerprint density at radius 3 is 2.79 bits per heavy atom. The number of aromatic hydroxyl groups is 1. The number of allylic oxidation sites excluding steroid dienone is 1. The third-order valence-corrected chi connectivity index (χ3v) is 3.53. The lowest BCUT2D eigenvalue weighted by molar-refractivity contribution is 0.255. The van der Waals surface area contributed by atoms with Crippen molar-refractivity contribution in [2.24, 2.45) is 5.92 Å². The summed E-state index contributed by atoms with van der Waals surface area (Å²) in [6.07, 6.45) is 6.79. The number of amides is 2. The molecule has 0 saturated heterocycles. The molecule has 1 saturated carbocycles. The van der Waals surface area contributed by atoms with Gasteiger partial charge in [-0.2, -0.15) is 0 Å². The zero-order valence-corrected chi connectivity index (χ0v) is 11.1. The number of anilines is 1. The molecule has 1 aliphatic carbocycles. The Bertz CT molecular complexity index is 477. The number of rotatable bonds is 3. The minimum Gasteiger partial charge on any atom is -0.508 e. The van der Waals surface area contributed by atoms with Crippen LogP contribution in [0.1, 0.15) is 32.6 Å². The van der Waals surface area contributed by atoms with E-state index in [9.17, 15) is 9.90 Å². The SMILES string of the molecule is C/C(=C\NC(=O)Nc1cccc(O)c1)C1CCCC1. The molecule has 0 aromatic heterocycles. The summed E-state index contributed by atoms with van der Waals surface area (Å²) >= 11 is 0. The summed E-state index contributed by atoms with van der Waals surface area (Å²) in [4.78, 5) is 11.7. The van der Waals surface area contributed by atoms with Crippen LogP contribution >= 0.6 is 0 Å². The van der Waals surface area contributed by atoms with E-state index in [1.807, 2.05) is 0 Å². The van der Waals surface area contributed by atoms with Crippen molar-refractivity contribution in [2.75, 3.05) is 5.32 Å². The van der Waals surface area contributed by atoms with Gasteiger partial charge >= 0.3 is 6.03 Å². The van der Waals surface area contributed by atoms with Gasteiger partial charge in [0.25, 0.3) is 0 Å². The van der Waals surface area contributed by atoms with E-state index < -0.39 is 0 Å². The summed E-state index contributed by atoms with van der Waals surface area (Å²) in [7, 11) is 0. The van der Waals surface area contributed by atoms with E-state index in [0.29, 0.717) is 11.6 Å². The average molecular weight is 260 g/mol. The molecule has 1 aromatic rings. The van der Waals surface area contributed by atoms with Crippen LogP contribution in [0.3, 0.4) is 0 Å². The third-order valence-electron chi connectivity index (χ3n) is 3.53. The quantitative estimate of drug-likeness (QED) is 0.777. The van der Waals surface area contributed by atoms with Gasteiger partial charge in [-0.3, -0.25) is 0 Å². The maximum Gasteiger partial charge on any atom is 0.323 e. The highest BCUT2D eigenvalue weighted by Crippen LogP contribution is 2.30. The molecule has 1 aliphatic rings. The predicted octanol–water partition coefficient (Wildman–Crippen LogP) is 3.61. The number of hydrogen-bond donors (Lipinski definition) is 3. The van der Waals surface area contributed by atoms with Crippen molar-refractivity contribution < 1.29 is 9.90 Å². The largest absolute Gasteiger partial charge is 0.508 e. The first-order chi connectivity index (χ1) is 9.15. The first-order valence-corrected chi connectivity index (χ1v) is 6.68. The summed E-state index contributed by atoms with van der Waals surface area (Å²) < 4.78 is 0. The van der Waals surface area contributed by atoms with Gasteiger partial charge < -0.3 is 15.7 Å². The standard InChI is InChI=1S/C15H20N2O2/c1-11(12-5-2-3-6-12)10-16-15(19)17-13-7-4-8-14(18)9-13/h4,7-10,12,18H,2-3,5-6H2,1H3,(H2,16,17,19)/b11-10+. The molecule has 0 spiro atoms. The Labute approximate surface area is 113 Å². The van der Waals surface area contributed by atoms with Crippen molar-refractivity contribution in [1.82, 2.24) is 5.32 Å². The van der Waals surface area contributed by atoms with E-state index in [1.54, 1.807) is 24.4 Å². The molecule has 19 heavy (non-hydrogen) atoms. The fourth-order valence-electron chi connectivity index (χ4n) is 2.43. The maximum absolute atomic E-state index is 11.7. The van der Waals surface area contributed by atoms with Crippen LogP contribution < -0.4 is 10.6 Å². The summed E-state index contributed by atoms with van der Waals surface area (Å²) in [5.41, 5.74) is 1.80. The van der Waals surface area contributed by atoms with Crippen molar-refractivity contribution in [3.05, 3.63) is 36.0 Å². The summed E-state index contributed by atoms with van der Waals surface area (Å²) in [6.45, 7) is 2.06. The van der Waals surface area contributed by atoms with Gasteiger partial charge in [-0.15, -0.1) is 0 Å². The highest BCUT2D eigenvalue weighted by Gasteiger charge is 2.16. The molecule has 0 radical (unpaired) electrons. The lowest BCUT2D eigenvalue weighted by atomic mass is 10.0. The molecule has 0 unspecified atom stereocenters. The summed E-state index contributed by atoms with van der Waals surface area (Å²) in [6, 6.07) is 6.19. The molecule has 0 aliphatic heterocycles. The molecule has 4 nitrogen and oxygen atoms in total. The number of phenols is 1. The fraction of sp³-hybridized carbons (Fsp3) is 0.400. The van der Waals surface area contributed by atoms with Crippen LogP contribution in [0.25, 0.3) is 0 Å². The minimum absolute atomic E-state index is 0.135. The van der Waals surface area contributed by atoms with E-state index in [-0.39, 0.29) is 11.8 Å². The third kappa shape index (κ3) is 4.02. The second-order valence-electron chi connectivity index (χ2n) is 5.02. The Morgan fingerprint density at radius 1 is 1.37 bits per heavy atom. The van der Waals surface area contributed by atoms with Gasteiger partial charge in [0.15, 0.2) is 0 Å². The highest BCUT2D eigenvalue weighted by atomic mass is 16.3. The Kier molecular flexibility index (Phi) is 4.44. The molecule has 0 atom stereocenters. The smallest absolute Gasteiger partial charge is 0.323 e. The Balaban J connectivity index is 1.85. The van der Waals surface area contributed by atoms with Crippen LogP contribution in [-0.4, -0.2) is 11.1 Å². The monoisotopic (exact) mass is 260 g/mol. The minimum atomic E-state index is -0.289. The van der Waals surface area contributed by atoms with Crippen molar-refractivity contribution >= 4 is 11.7 Å². The molecule has 1 aromatic carbocycles. The lowest BCUT2D eigenvalue weighted by Crippen LogP contribution is -2.24. The van der Waals surface area contributed by atoms with Crippen LogP contribution in [0, 0.1) is 5.92 Å². The molecule has 0 bridgehead atoms. The molecule has 0 heterocycles. The predicted molar refractivity (Wildman–Crippen MR) is 76.0 cm³/mol. The van der Waals surface area contributed by atoms with Gasteiger partial charge in [-0.25, -0.2) is 4.79 Å². The molecule has 3 N–H and O–H groups in total. The van der Waals surface area contributed by atoms with Crippen molar-refractivity contribution in [2.45, 2.75) is 32.6 Å². The number of benzene rings is 1. The van der Waals surface area contributed by atoms with Gasteiger partial charge in [0.05, 0.1) is 0 Å². The average Bonchev–Trinajstić information content (AvgIpc) is 2.90. The number of urea groups is 1. The molecule has 4 heteroatoms. The first-order valence-electron chi connectivity index (χ1n) is 6.68. The van der Waals surface area contributed by atoms with Gasteiger partial charge in [-0.1, -0.05) is 24.5 Å². The topological polar surface area (TPSA) is 61.4 Å². The lowest BCUT2D eigenvalue weighted by Gasteiger charge is -2.10. The molecule has 102 valence electrons. The van der Waals surface area contributed by atoms with Crippen molar-refractivity contribution in [3.63, 3.8) is 0 Å². The first kappa shape index (κ1) is 13.5. The maximum atomic E-state index is 11.7. The van der Waals surface area contributed by atoms with Crippen LogP contribution in [-0.2, 0) is 0 Å². The van der Waals surface area contributed by atoms with Crippen LogP contribution in [0.15, 0.2) is 36.0 Å². The number of nitrogens with one attached hydrogen (secondary N) is 2. The highest BCUT2D eigenvalue weighted by molar-refractivity contribution is 5.90. The number of carbonyl (C=O) groups is 1.